The van der Waals surface area contributed by atoms with Gasteiger partial charge in [-0.05, 0) is 30.3 Å². The van der Waals surface area contributed by atoms with Gasteiger partial charge >= 0.3 is 5.69 Å². The molecule has 0 aliphatic carbocycles. The number of nitrogens with zero attached hydrogens (tertiary/aromatic N) is 4. The second-order valence-electron chi connectivity index (χ2n) is 7.39. The summed E-state index contributed by atoms with van der Waals surface area (Å²) >= 11 is 0. The number of methoxy groups -OCH3 is 1. The van der Waals surface area contributed by atoms with Gasteiger partial charge in [-0.15, -0.1) is 0 Å². The first-order chi connectivity index (χ1) is 14.5. The van der Waals surface area contributed by atoms with Crippen LogP contribution >= 0.6 is 0 Å². The van der Waals surface area contributed by atoms with Gasteiger partial charge in [0.05, 0.1) is 11.5 Å². The number of benzene rings is 2. The molecular formula is C22H24N4O4. The van der Waals surface area contributed by atoms with Gasteiger partial charge in [0.1, 0.15) is 17.0 Å². The number of piperazine rings is 1. The van der Waals surface area contributed by atoms with Crippen LogP contribution in [0.3, 0.4) is 0 Å². The highest BCUT2D eigenvalue weighted by Gasteiger charge is 2.28. The maximum absolute atomic E-state index is 13.0. The average molecular weight is 408 g/mol. The number of ketones is 1. The molecule has 0 N–H and O–H groups in total. The maximum Gasteiger partial charge on any atom is 0.326 e. The van der Waals surface area contributed by atoms with Crippen molar-refractivity contribution in [2.75, 3.05) is 38.2 Å². The van der Waals surface area contributed by atoms with Gasteiger partial charge in [-0.25, -0.2) is 0 Å². The molecule has 8 nitrogen and oxygen atoms in total. The minimum Gasteiger partial charge on any atom is -0.805 e. The molecule has 1 saturated heterocycles. The first kappa shape index (κ1) is 19.9. The number of carbonyl (C=O) groups excluding carboxylic acids is 1. The first-order valence-corrected chi connectivity index (χ1v) is 9.88. The Morgan fingerprint density at radius 1 is 1.07 bits per heavy atom. The fraction of sp³-hybridized carbons (Fsp3) is 0.318. The topological polar surface area (TPSA) is 83.7 Å². The molecule has 1 fully saturated rings. The van der Waals surface area contributed by atoms with Crippen LogP contribution < -0.4 is 14.1 Å². The molecule has 0 saturated carbocycles. The Balaban J connectivity index is 1.56. The lowest BCUT2D eigenvalue weighted by molar-refractivity contribution is -0.468. The normalized spacial score (nSPS) is 14.8. The summed E-state index contributed by atoms with van der Waals surface area (Å²) in [5.41, 5.74) is 1.70. The molecule has 0 radical (unpaired) electrons. The molecular weight excluding hydrogens is 384 g/mol. The molecule has 156 valence electrons. The Bertz CT molecular complexity index is 1130. The molecule has 0 atom stereocenters. The highest BCUT2D eigenvalue weighted by atomic mass is 16.5. The van der Waals surface area contributed by atoms with Crippen molar-refractivity contribution in [3.05, 3.63) is 70.0 Å². The number of Topliss-reactive ketones (excluding diaryl/α,β-unsaturated/α-hetero) is 1. The lowest BCUT2D eigenvalue weighted by atomic mass is 10.1. The van der Waals surface area contributed by atoms with E-state index in [1.165, 1.54) is 6.92 Å². The summed E-state index contributed by atoms with van der Waals surface area (Å²) in [4.78, 5) is 29.4. The lowest BCUT2D eigenvalue weighted by Crippen LogP contribution is -2.46. The molecule has 0 bridgehead atoms. The molecule has 2 heterocycles. The number of hydrogen-bond donors (Lipinski definition) is 0. The van der Waals surface area contributed by atoms with Crippen LogP contribution in [-0.2, 0) is 6.54 Å². The number of fused-ring (bicyclic) bond motifs is 1. The molecule has 1 aliphatic heterocycles. The summed E-state index contributed by atoms with van der Waals surface area (Å²) < 4.78 is 6.53. The highest BCUT2D eigenvalue weighted by Crippen LogP contribution is 2.22. The van der Waals surface area contributed by atoms with Crippen molar-refractivity contribution in [2.45, 2.75) is 13.5 Å². The van der Waals surface area contributed by atoms with Crippen LogP contribution in [0.15, 0.2) is 48.5 Å². The van der Waals surface area contributed by atoms with Crippen LogP contribution in [0.2, 0.25) is 0 Å². The summed E-state index contributed by atoms with van der Waals surface area (Å²) in [6.45, 7) is 4.58. The number of aromatic nitrogens is 2. The van der Waals surface area contributed by atoms with E-state index in [1.807, 2.05) is 24.3 Å². The Kier molecular flexibility index (Phi) is 5.41. The van der Waals surface area contributed by atoms with Gasteiger partial charge < -0.3 is 19.6 Å². The minimum atomic E-state index is -0.410. The van der Waals surface area contributed by atoms with Crippen molar-refractivity contribution in [1.29, 1.82) is 0 Å². The van der Waals surface area contributed by atoms with Crippen molar-refractivity contribution in [2.24, 2.45) is 0 Å². The second-order valence-corrected chi connectivity index (χ2v) is 7.39. The second kappa shape index (κ2) is 8.16. The van der Waals surface area contributed by atoms with Crippen LogP contribution in [0.1, 0.15) is 23.1 Å². The molecule has 1 aromatic heterocycles. The number of para-hydroxylation sites is 2. The minimum absolute atomic E-state index is 0.0821. The zero-order valence-corrected chi connectivity index (χ0v) is 17.1. The summed E-state index contributed by atoms with van der Waals surface area (Å²) in [5, 5.41) is 13.0. The quantitative estimate of drug-likeness (QED) is 0.476. The number of anilines is 1. The summed E-state index contributed by atoms with van der Waals surface area (Å²) in [7, 11) is 1.64. The largest absolute Gasteiger partial charge is 0.805 e. The van der Waals surface area contributed by atoms with Gasteiger partial charge in [0.15, 0.2) is 0 Å². The molecule has 3 aromatic rings. The van der Waals surface area contributed by atoms with Crippen LogP contribution in [0.25, 0.3) is 11.0 Å². The van der Waals surface area contributed by atoms with E-state index in [-0.39, 0.29) is 29.0 Å². The summed E-state index contributed by atoms with van der Waals surface area (Å²) in [6.07, 6.45) is 0. The van der Waals surface area contributed by atoms with Crippen molar-refractivity contribution in [3.8, 4) is 5.75 Å². The zero-order chi connectivity index (χ0) is 21.3. The molecule has 30 heavy (non-hydrogen) atoms. The van der Waals surface area contributed by atoms with Crippen LogP contribution in [0, 0.1) is 10.1 Å². The van der Waals surface area contributed by atoms with Crippen molar-refractivity contribution < 1.29 is 14.0 Å². The van der Waals surface area contributed by atoms with E-state index in [1.54, 1.807) is 31.4 Å². The molecule has 4 rings (SSSR count). The van der Waals surface area contributed by atoms with E-state index in [9.17, 15) is 14.9 Å². The van der Waals surface area contributed by atoms with Crippen molar-refractivity contribution in [3.63, 3.8) is 0 Å². The molecule has 8 heteroatoms. The predicted octanol–water partition coefficient (Wildman–Crippen LogP) is 2.44. The monoisotopic (exact) mass is 408 g/mol. The molecule has 2 aromatic carbocycles. The molecule has 0 spiro atoms. The van der Waals surface area contributed by atoms with Crippen LogP contribution in [-0.4, -0.2) is 48.7 Å². The van der Waals surface area contributed by atoms with E-state index in [4.69, 9.17) is 4.74 Å². The van der Waals surface area contributed by atoms with Crippen LogP contribution in [0.4, 0.5) is 5.69 Å². The molecule has 0 unspecified atom stereocenters. The van der Waals surface area contributed by atoms with Gasteiger partial charge in [0.25, 0.3) is 5.52 Å². The van der Waals surface area contributed by atoms with E-state index >= 15 is 0 Å². The Labute approximate surface area is 174 Å². The van der Waals surface area contributed by atoms with Crippen molar-refractivity contribution in [1.82, 2.24) is 9.63 Å². The summed E-state index contributed by atoms with van der Waals surface area (Å²) in [5.74, 6) is 0.406. The molecule has 0 amide bonds. The Hall–Kier alpha value is -3.39. The van der Waals surface area contributed by atoms with Crippen LogP contribution in [0.5, 0.6) is 5.75 Å². The van der Waals surface area contributed by atoms with Gasteiger partial charge in [-0.2, -0.15) is 0 Å². The number of carbonyl (C=O) groups is 1. The van der Waals surface area contributed by atoms with E-state index < -0.39 is 5.78 Å². The summed E-state index contributed by atoms with van der Waals surface area (Å²) in [6, 6.07) is 14.5. The average Bonchev–Trinajstić information content (AvgIpc) is 2.78. The molecule has 1 aliphatic rings. The van der Waals surface area contributed by atoms with E-state index in [0.29, 0.717) is 4.43 Å². The first-order valence-electron chi connectivity index (χ1n) is 9.88. The highest BCUT2D eigenvalue weighted by molar-refractivity contribution is 5.93. The third-order valence-corrected chi connectivity index (χ3v) is 5.56. The number of ether oxygens (including phenoxy) is 1. The number of rotatable bonds is 5. The maximum atomic E-state index is 13.0. The zero-order valence-electron chi connectivity index (χ0n) is 17.1. The SMILES string of the molecule is COc1ccc(N2CCN(Cc3c(C(C)=O)[n+](=O)c4ccccc4n3[O-])CC2)cc1. The van der Waals surface area contributed by atoms with Gasteiger partial charge in [-0.1, -0.05) is 12.1 Å². The fourth-order valence-electron chi connectivity index (χ4n) is 3.94. The predicted molar refractivity (Wildman–Crippen MR) is 115 cm³/mol. The lowest BCUT2D eigenvalue weighted by Gasteiger charge is -2.36. The standard InChI is InChI=1S/C22H24N4O4/c1-16(27)22-21(25(28)19-5-3-4-6-20(19)26(22)29)15-23-11-13-24(14-12-23)17-7-9-18(30-2)10-8-17/h3-10H,11-15H2,1-2H3. The fourth-order valence-corrected chi connectivity index (χ4v) is 3.94. The van der Waals surface area contributed by atoms with Gasteiger partial charge in [0, 0.05) is 56.3 Å². The third-order valence-electron chi connectivity index (χ3n) is 5.56. The van der Waals surface area contributed by atoms with Crippen molar-refractivity contribution >= 4 is 22.5 Å². The Morgan fingerprint density at radius 2 is 1.73 bits per heavy atom. The number of hydrogen-bond acceptors (Lipinski definition) is 6. The third kappa shape index (κ3) is 3.61. The van der Waals surface area contributed by atoms with Gasteiger partial charge in [-0.3, -0.25) is 9.69 Å². The van der Waals surface area contributed by atoms with E-state index in [2.05, 4.69) is 9.80 Å². The van der Waals surface area contributed by atoms with Gasteiger partial charge in [0.2, 0.25) is 5.78 Å². The smallest absolute Gasteiger partial charge is 0.326 e. The van der Waals surface area contributed by atoms with E-state index in [0.717, 1.165) is 42.3 Å². The Morgan fingerprint density at radius 3 is 2.37 bits per heavy atom.